The van der Waals surface area contributed by atoms with Crippen molar-refractivity contribution in [1.29, 1.82) is 0 Å². The molecule has 7 heteroatoms. The molecule has 0 fully saturated rings. The summed E-state index contributed by atoms with van der Waals surface area (Å²) in [6.07, 6.45) is 7.56. The van der Waals surface area contributed by atoms with Gasteiger partial charge in [0.05, 0.1) is 4.92 Å². The SMILES string of the molecule is C#CCCN(C(C)=O)c1ncc([N+](=O)[O-])cn1. The predicted molar refractivity (Wildman–Crippen MR) is 60.2 cm³/mol. The van der Waals surface area contributed by atoms with Gasteiger partial charge in [0.1, 0.15) is 12.4 Å². The summed E-state index contributed by atoms with van der Waals surface area (Å²) in [4.78, 5) is 29.9. The maximum Gasteiger partial charge on any atom is 0.305 e. The van der Waals surface area contributed by atoms with Gasteiger partial charge in [-0.2, -0.15) is 0 Å². The van der Waals surface area contributed by atoms with Gasteiger partial charge < -0.3 is 0 Å². The van der Waals surface area contributed by atoms with E-state index in [0.717, 1.165) is 12.4 Å². The molecule has 0 aromatic carbocycles. The standard InChI is InChI=1S/C10H10N4O3/c1-3-4-5-13(8(2)15)10-11-6-9(7-12-10)14(16)17/h1,6-7H,4-5H2,2H3. The monoisotopic (exact) mass is 234 g/mol. The minimum absolute atomic E-state index is 0.110. The number of carbonyl (C=O) groups is 1. The second-order valence-corrected chi connectivity index (χ2v) is 3.12. The smallest absolute Gasteiger partial charge is 0.280 e. The summed E-state index contributed by atoms with van der Waals surface area (Å²) in [6, 6.07) is 0. The highest BCUT2D eigenvalue weighted by atomic mass is 16.6. The molecule has 1 rings (SSSR count). The van der Waals surface area contributed by atoms with Crippen LogP contribution in [0.2, 0.25) is 0 Å². The van der Waals surface area contributed by atoms with E-state index in [9.17, 15) is 14.9 Å². The Morgan fingerprint density at radius 1 is 1.59 bits per heavy atom. The molecule has 0 atom stereocenters. The minimum atomic E-state index is -0.608. The first-order valence-electron chi connectivity index (χ1n) is 4.74. The number of terminal acetylenes is 1. The van der Waals surface area contributed by atoms with Crippen LogP contribution < -0.4 is 4.90 Å². The molecule has 1 aromatic heterocycles. The third-order valence-electron chi connectivity index (χ3n) is 1.94. The number of nitro groups is 1. The topological polar surface area (TPSA) is 89.2 Å². The molecule has 88 valence electrons. The summed E-state index contributed by atoms with van der Waals surface area (Å²) in [7, 11) is 0. The number of amides is 1. The number of anilines is 1. The van der Waals surface area contributed by atoms with Gasteiger partial charge in [-0.25, -0.2) is 9.97 Å². The van der Waals surface area contributed by atoms with Crippen LogP contribution in [0.1, 0.15) is 13.3 Å². The third-order valence-corrected chi connectivity index (χ3v) is 1.94. The zero-order chi connectivity index (χ0) is 12.8. The lowest BCUT2D eigenvalue weighted by Gasteiger charge is -2.16. The lowest BCUT2D eigenvalue weighted by Crippen LogP contribution is -2.31. The minimum Gasteiger partial charge on any atom is -0.280 e. The summed E-state index contributed by atoms with van der Waals surface area (Å²) < 4.78 is 0. The molecule has 0 radical (unpaired) electrons. The van der Waals surface area contributed by atoms with Crippen LogP contribution in [-0.4, -0.2) is 27.3 Å². The predicted octanol–water partition coefficient (Wildman–Crippen LogP) is 0.761. The van der Waals surface area contributed by atoms with Gasteiger partial charge in [-0.05, 0) is 0 Å². The van der Waals surface area contributed by atoms with Crippen LogP contribution >= 0.6 is 0 Å². The molecular formula is C10H10N4O3. The van der Waals surface area contributed by atoms with Crippen LogP contribution in [0, 0.1) is 22.5 Å². The molecule has 17 heavy (non-hydrogen) atoms. The molecule has 1 amide bonds. The van der Waals surface area contributed by atoms with E-state index in [1.54, 1.807) is 0 Å². The van der Waals surface area contributed by atoms with Crippen molar-refractivity contribution in [3.05, 3.63) is 22.5 Å². The largest absolute Gasteiger partial charge is 0.305 e. The summed E-state index contributed by atoms with van der Waals surface area (Å²) >= 11 is 0. The highest BCUT2D eigenvalue weighted by Crippen LogP contribution is 2.12. The maximum absolute atomic E-state index is 11.3. The molecule has 0 N–H and O–H groups in total. The first-order valence-corrected chi connectivity index (χ1v) is 4.74. The van der Waals surface area contributed by atoms with Gasteiger partial charge in [0.15, 0.2) is 0 Å². The molecule has 0 aliphatic heterocycles. The molecule has 0 saturated heterocycles. The average Bonchev–Trinajstić information content (AvgIpc) is 2.29. The van der Waals surface area contributed by atoms with Gasteiger partial charge in [0.2, 0.25) is 11.9 Å². The van der Waals surface area contributed by atoms with E-state index in [0.29, 0.717) is 6.42 Å². The molecule has 0 aliphatic rings. The van der Waals surface area contributed by atoms with Crippen LogP contribution in [0.3, 0.4) is 0 Å². The van der Waals surface area contributed by atoms with Crippen LogP contribution in [0.15, 0.2) is 12.4 Å². The number of rotatable bonds is 4. The van der Waals surface area contributed by atoms with Gasteiger partial charge in [-0.1, -0.05) is 0 Å². The first kappa shape index (κ1) is 12.6. The Morgan fingerprint density at radius 3 is 2.59 bits per heavy atom. The highest BCUT2D eigenvalue weighted by Gasteiger charge is 2.15. The van der Waals surface area contributed by atoms with Crippen LogP contribution in [0.4, 0.5) is 11.6 Å². The molecule has 0 spiro atoms. The van der Waals surface area contributed by atoms with Gasteiger partial charge in [-0.15, -0.1) is 12.3 Å². The second kappa shape index (κ2) is 5.55. The van der Waals surface area contributed by atoms with E-state index in [4.69, 9.17) is 6.42 Å². The molecule has 0 unspecified atom stereocenters. The third kappa shape index (κ3) is 3.24. The zero-order valence-corrected chi connectivity index (χ0v) is 9.16. The Bertz CT molecular complexity index is 463. The van der Waals surface area contributed by atoms with Crippen molar-refractivity contribution in [2.24, 2.45) is 0 Å². The van der Waals surface area contributed by atoms with Gasteiger partial charge in [-0.3, -0.25) is 19.8 Å². The van der Waals surface area contributed by atoms with E-state index >= 15 is 0 Å². The zero-order valence-electron chi connectivity index (χ0n) is 9.16. The van der Waals surface area contributed by atoms with Gasteiger partial charge in [0.25, 0.3) is 0 Å². The van der Waals surface area contributed by atoms with Crippen molar-refractivity contribution in [1.82, 2.24) is 9.97 Å². The van der Waals surface area contributed by atoms with Crippen molar-refractivity contribution >= 4 is 17.5 Å². The van der Waals surface area contributed by atoms with Gasteiger partial charge in [0, 0.05) is 19.9 Å². The Labute approximate surface area is 97.6 Å². The van der Waals surface area contributed by atoms with Crippen LogP contribution in [0.25, 0.3) is 0 Å². The fraction of sp³-hybridized carbons (Fsp3) is 0.300. The van der Waals surface area contributed by atoms with E-state index < -0.39 is 4.92 Å². The van der Waals surface area contributed by atoms with Gasteiger partial charge >= 0.3 is 5.69 Å². The molecule has 1 aromatic rings. The van der Waals surface area contributed by atoms with Crippen LogP contribution in [0.5, 0.6) is 0 Å². The van der Waals surface area contributed by atoms with E-state index in [-0.39, 0.29) is 24.1 Å². The quantitative estimate of drug-likeness (QED) is 0.436. The van der Waals surface area contributed by atoms with E-state index in [1.165, 1.54) is 11.8 Å². The second-order valence-electron chi connectivity index (χ2n) is 3.12. The molecule has 7 nitrogen and oxygen atoms in total. The van der Waals surface area contributed by atoms with E-state index in [1.807, 2.05) is 0 Å². The fourth-order valence-corrected chi connectivity index (χ4v) is 1.12. The summed E-state index contributed by atoms with van der Waals surface area (Å²) in [5.41, 5.74) is -0.228. The molecule has 0 saturated carbocycles. The molecule has 0 aliphatic carbocycles. The molecule has 1 heterocycles. The molecule has 0 bridgehead atoms. The average molecular weight is 234 g/mol. The van der Waals surface area contributed by atoms with Crippen molar-refractivity contribution in [3.63, 3.8) is 0 Å². The Morgan fingerprint density at radius 2 is 2.18 bits per heavy atom. The summed E-state index contributed by atoms with van der Waals surface area (Å²) in [6.45, 7) is 1.63. The van der Waals surface area contributed by atoms with Crippen molar-refractivity contribution in [3.8, 4) is 12.3 Å². The summed E-state index contributed by atoms with van der Waals surface area (Å²) in [5.74, 6) is 2.23. The lowest BCUT2D eigenvalue weighted by molar-refractivity contribution is -0.385. The summed E-state index contributed by atoms with van der Waals surface area (Å²) in [5, 5.41) is 10.4. The molecular weight excluding hydrogens is 224 g/mol. The maximum atomic E-state index is 11.3. The first-order chi connectivity index (χ1) is 8.06. The number of aromatic nitrogens is 2. The number of hydrogen-bond acceptors (Lipinski definition) is 5. The van der Waals surface area contributed by atoms with Crippen molar-refractivity contribution in [2.45, 2.75) is 13.3 Å². The van der Waals surface area contributed by atoms with Crippen molar-refractivity contribution < 1.29 is 9.72 Å². The number of nitrogens with zero attached hydrogens (tertiary/aromatic N) is 4. The van der Waals surface area contributed by atoms with Crippen LogP contribution in [-0.2, 0) is 4.79 Å². The Kier molecular flexibility index (Phi) is 4.11. The number of hydrogen-bond donors (Lipinski definition) is 0. The van der Waals surface area contributed by atoms with E-state index in [2.05, 4.69) is 15.9 Å². The highest BCUT2D eigenvalue weighted by molar-refractivity contribution is 5.89. The lowest BCUT2D eigenvalue weighted by atomic mass is 10.4. The van der Waals surface area contributed by atoms with Crippen molar-refractivity contribution in [2.75, 3.05) is 11.4 Å². The normalized spacial score (nSPS) is 9.41. The Balaban J connectivity index is 2.92. The number of carbonyl (C=O) groups excluding carboxylic acids is 1. The fourth-order valence-electron chi connectivity index (χ4n) is 1.12. The Hall–Kier alpha value is -2.49.